The Kier molecular flexibility index (Phi) is 4.17. The van der Waals surface area contributed by atoms with Gasteiger partial charge in [-0.05, 0) is 70.6 Å². The molecule has 2 aromatic heterocycles. The summed E-state index contributed by atoms with van der Waals surface area (Å²) in [6, 6.07) is 0.117. The number of carbonyl (C=O) groups excluding carboxylic acids is 1. The minimum absolute atomic E-state index is 0.117. The van der Waals surface area contributed by atoms with Crippen molar-refractivity contribution in [1.29, 1.82) is 0 Å². The van der Waals surface area contributed by atoms with E-state index in [1.54, 1.807) is 23.3 Å². The van der Waals surface area contributed by atoms with Crippen LogP contribution in [-0.4, -0.2) is 42.2 Å². The molecule has 29 heavy (non-hydrogen) atoms. The molecule has 0 spiro atoms. The van der Waals surface area contributed by atoms with Gasteiger partial charge in [0.15, 0.2) is 5.82 Å². The molecule has 6 rings (SSSR count). The molecule has 156 valence electrons. The van der Waals surface area contributed by atoms with Gasteiger partial charge in [0.05, 0.1) is 34.8 Å². The van der Waals surface area contributed by atoms with Crippen LogP contribution in [0.15, 0.2) is 18.6 Å². The number of halogens is 1. The molecule has 8 heteroatoms. The normalized spacial score (nSPS) is 33.3. The van der Waals surface area contributed by atoms with Gasteiger partial charge in [-0.2, -0.15) is 10.2 Å². The van der Waals surface area contributed by atoms with Gasteiger partial charge < -0.3 is 10.4 Å². The molecular weight excluding hydrogens is 390 g/mol. The van der Waals surface area contributed by atoms with Crippen molar-refractivity contribution in [3.8, 4) is 5.82 Å². The van der Waals surface area contributed by atoms with Crippen LogP contribution in [0.4, 0.5) is 0 Å². The van der Waals surface area contributed by atoms with Crippen molar-refractivity contribution in [1.82, 2.24) is 24.9 Å². The Morgan fingerprint density at radius 1 is 1.21 bits per heavy atom. The number of aromatic nitrogens is 4. The molecule has 7 nitrogen and oxygen atoms in total. The first-order valence-electron chi connectivity index (χ1n) is 10.5. The van der Waals surface area contributed by atoms with E-state index in [-0.39, 0.29) is 17.5 Å². The Balaban J connectivity index is 1.46. The van der Waals surface area contributed by atoms with Gasteiger partial charge >= 0.3 is 0 Å². The van der Waals surface area contributed by atoms with Crippen molar-refractivity contribution in [2.45, 2.75) is 70.1 Å². The number of carbonyl (C=O) groups is 1. The molecule has 4 fully saturated rings. The van der Waals surface area contributed by atoms with Gasteiger partial charge in [-0.15, -0.1) is 0 Å². The highest BCUT2D eigenvalue weighted by Gasteiger charge is 2.55. The SMILES string of the molecule is CC(C)(C)n1ncc(C(=O)N[C@H]2C3CC4CC2C[C@](O)(C4)C3)c1-n1cc(Cl)cn1. The van der Waals surface area contributed by atoms with Crippen LogP contribution in [0.1, 0.15) is 63.2 Å². The van der Waals surface area contributed by atoms with Crippen LogP contribution in [0.5, 0.6) is 0 Å². The Morgan fingerprint density at radius 3 is 2.45 bits per heavy atom. The van der Waals surface area contributed by atoms with E-state index in [9.17, 15) is 9.90 Å². The number of hydrogen-bond acceptors (Lipinski definition) is 4. The van der Waals surface area contributed by atoms with Crippen molar-refractivity contribution in [3.63, 3.8) is 0 Å². The average molecular weight is 418 g/mol. The average Bonchev–Trinajstić information content (AvgIpc) is 3.22. The van der Waals surface area contributed by atoms with Crippen LogP contribution in [0.3, 0.4) is 0 Å². The van der Waals surface area contributed by atoms with Crippen LogP contribution in [0, 0.1) is 17.8 Å². The third kappa shape index (κ3) is 3.19. The Bertz CT molecular complexity index is 943. The molecule has 0 aliphatic heterocycles. The van der Waals surface area contributed by atoms with E-state index in [0.717, 1.165) is 32.1 Å². The van der Waals surface area contributed by atoms with Crippen molar-refractivity contribution >= 4 is 17.5 Å². The summed E-state index contributed by atoms with van der Waals surface area (Å²) in [4.78, 5) is 13.4. The first kappa shape index (κ1) is 19.1. The number of hydrogen-bond donors (Lipinski definition) is 2. The molecule has 2 N–H and O–H groups in total. The molecule has 0 aromatic carbocycles. The minimum Gasteiger partial charge on any atom is -0.390 e. The Labute approximate surface area is 175 Å². The molecule has 4 saturated carbocycles. The van der Waals surface area contributed by atoms with E-state index < -0.39 is 5.60 Å². The highest BCUT2D eigenvalue weighted by molar-refractivity contribution is 6.30. The third-order valence-corrected chi connectivity index (χ3v) is 7.13. The van der Waals surface area contributed by atoms with E-state index in [2.05, 4.69) is 15.5 Å². The zero-order valence-electron chi connectivity index (χ0n) is 17.1. The van der Waals surface area contributed by atoms with Crippen molar-refractivity contribution in [2.75, 3.05) is 0 Å². The summed E-state index contributed by atoms with van der Waals surface area (Å²) in [5, 5.41) is 23.4. The fourth-order valence-electron chi connectivity index (χ4n) is 6.08. The Morgan fingerprint density at radius 2 is 1.90 bits per heavy atom. The molecule has 4 bridgehead atoms. The summed E-state index contributed by atoms with van der Waals surface area (Å²) in [7, 11) is 0. The maximum atomic E-state index is 13.4. The lowest BCUT2D eigenvalue weighted by Crippen LogP contribution is -2.61. The zero-order valence-corrected chi connectivity index (χ0v) is 17.9. The van der Waals surface area contributed by atoms with Crippen LogP contribution < -0.4 is 5.32 Å². The van der Waals surface area contributed by atoms with Gasteiger partial charge in [-0.25, -0.2) is 9.36 Å². The fraction of sp³-hybridized carbons (Fsp3) is 0.667. The van der Waals surface area contributed by atoms with Gasteiger partial charge in [0, 0.05) is 6.04 Å². The lowest BCUT2D eigenvalue weighted by atomic mass is 9.52. The van der Waals surface area contributed by atoms with Gasteiger partial charge in [0.25, 0.3) is 5.91 Å². The lowest BCUT2D eigenvalue weighted by molar-refractivity contribution is -0.136. The molecule has 1 amide bonds. The first-order valence-corrected chi connectivity index (χ1v) is 10.8. The van der Waals surface area contributed by atoms with E-state index in [1.807, 2.05) is 25.5 Å². The van der Waals surface area contributed by atoms with Crippen LogP contribution in [0.25, 0.3) is 5.82 Å². The highest BCUT2D eigenvalue weighted by atomic mass is 35.5. The second-order valence-corrected chi connectivity index (χ2v) is 10.7. The maximum Gasteiger partial charge on any atom is 0.256 e. The molecule has 2 unspecified atom stereocenters. The summed E-state index contributed by atoms with van der Waals surface area (Å²) < 4.78 is 3.43. The van der Waals surface area contributed by atoms with E-state index in [0.29, 0.717) is 34.2 Å². The van der Waals surface area contributed by atoms with E-state index in [4.69, 9.17) is 11.6 Å². The number of nitrogens with zero attached hydrogens (tertiary/aromatic N) is 4. The number of rotatable bonds is 3. The Hall–Kier alpha value is -1.86. The van der Waals surface area contributed by atoms with Crippen LogP contribution in [-0.2, 0) is 5.54 Å². The summed E-state index contributed by atoms with van der Waals surface area (Å²) in [5.41, 5.74) is -0.337. The summed E-state index contributed by atoms with van der Waals surface area (Å²) >= 11 is 6.09. The smallest absolute Gasteiger partial charge is 0.256 e. The first-order chi connectivity index (χ1) is 13.6. The number of amides is 1. The predicted molar refractivity (Wildman–Crippen MR) is 109 cm³/mol. The quantitative estimate of drug-likeness (QED) is 0.803. The van der Waals surface area contributed by atoms with Crippen molar-refractivity contribution in [3.05, 3.63) is 29.2 Å². The largest absolute Gasteiger partial charge is 0.390 e. The highest BCUT2D eigenvalue weighted by Crippen LogP contribution is 2.55. The molecule has 2 aromatic rings. The topological polar surface area (TPSA) is 85.0 Å². The third-order valence-electron chi connectivity index (χ3n) is 6.93. The summed E-state index contributed by atoms with van der Waals surface area (Å²) in [6.07, 6.45) is 9.61. The van der Waals surface area contributed by atoms with E-state index >= 15 is 0 Å². The molecule has 0 radical (unpaired) electrons. The summed E-state index contributed by atoms with van der Waals surface area (Å²) in [5.74, 6) is 1.80. The number of aliphatic hydroxyl groups is 1. The van der Waals surface area contributed by atoms with E-state index in [1.165, 1.54) is 0 Å². The second-order valence-electron chi connectivity index (χ2n) is 10.3. The van der Waals surface area contributed by atoms with Gasteiger partial charge in [-0.3, -0.25) is 4.79 Å². The minimum atomic E-state index is -0.508. The molecule has 2 heterocycles. The van der Waals surface area contributed by atoms with Gasteiger partial charge in [0.1, 0.15) is 5.56 Å². The second kappa shape index (κ2) is 6.32. The van der Waals surface area contributed by atoms with Crippen molar-refractivity contribution < 1.29 is 9.90 Å². The predicted octanol–water partition coefficient (Wildman–Crippen LogP) is 3.15. The zero-order chi connectivity index (χ0) is 20.6. The molecule has 4 aliphatic rings. The molecule has 2 atom stereocenters. The molecule has 0 saturated heterocycles. The summed E-state index contributed by atoms with van der Waals surface area (Å²) in [6.45, 7) is 6.11. The fourth-order valence-corrected chi connectivity index (χ4v) is 6.21. The van der Waals surface area contributed by atoms with Crippen LogP contribution in [0.2, 0.25) is 5.02 Å². The number of nitrogens with one attached hydrogen (secondary N) is 1. The molecule has 4 aliphatic carbocycles. The monoisotopic (exact) mass is 417 g/mol. The van der Waals surface area contributed by atoms with Gasteiger partial charge in [0.2, 0.25) is 0 Å². The maximum absolute atomic E-state index is 13.4. The lowest BCUT2D eigenvalue weighted by Gasteiger charge is -2.58. The van der Waals surface area contributed by atoms with Crippen LogP contribution >= 0.6 is 11.6 Å². The van der Waals surface area contributed by atoms with Gasteiger partial charge in [-0.1, -0.05) is 11.6 Å². The standard InChI is InChI=1S/C21H28ClN5O2/c1-20(2,3)27-19(26-11-15(22)9-23-26)16(10-24-27)18(28)25-17-13-4-12-5-14(17)8-21(29,6-12)7-13/h9-14,17,29H,4-8H2,1-3H3,(H,25,28)/t12?,13?,14?,17-,21-. The molecular formula is C21H28ClN5O2. The van der Waals surface area contributed by atoms with Crippen molar-refractivity contribution in [2.24, 2.45) is 17.8 Å².